The topological polar surface area (TPSA) is 90.7 Å². The van der Waals surface area contributed by atoms with E-state index < -0.39 is 0 Å². The lowest BCUT2D eigenvalue weighted by atomic mass is 9.95. The number of benzene rings is 4. The smallest absolute Gasteiger partial charge is 0.179 e. The Morgan fingerprint density at radius 3 is 2.33 bits per heavy atom. The van der Waals surface area contributed by atoms with Crippen LogP contribution in [-0.4, -0.2) is 37.3 Å². The van der Waals surface area contributed by atoms with E-state index in [0.29, 0.717) is 23.5 Å². The fourth-order valence-electron chi connectivity index (χ4n) is 6.03. The summed E-state index contributed by atoms with van der Waals surface area (Å²) in [7, 11) is 1.67. The van der Waals surface area contributed by atoms with Crippen molar-refractivity contribution < 1.29 is 9.47 Å². The number of nitrogens with one attached hydrogen (secondary N) is 1. The molecule has 0 atom stereocenters. The van der Waals surface area contributed by atoms with Crippen LogP contribution in [0.3, 0.4) is 0 Å². The van der Waals surface area contributed by atoms with Crippen LogP contribution in [-0.2, 0) is 6.61 Å². The Labute approximate surface area is 254 Å². The number of halogens is 1. The number of methoxy groups -OCH3 is 1. The summed E-state index contributed by atoms with van der Waals surface area (Å²) in [5.74, 6) is 3.18. The van der Waals surface area contributed by atoms with E-state index in [-0.39, 0.29) is 0 Å². The molecule has 0 radical (unpaired) electrons. The zero-order chi connectivity index (χ0) is 29.2. The summed E-state index contributed by atoms with van der Waals surface area (Å²) in [6, 6.07) is 28.8. The lowest BCUT2D eigenvalue weighted by molar-refractivity contribution is 0.306. The van der Waals surface area contributed by atoms with Crippen LogP contribution < -0.4 is 9.47 Å². The van der Waals surface area contributed by atoms with Gasteiger partial charge >= 0.3 is 0 Å². The average Bonchev–Trinajstić information content (AvgIpc) is 3.73. The zero-order valence-electron chi connectivity index (χ0n) is 23.8. The van der Waals surface area contributed by atoms with Gasteiger partial charge in [0.15, 0.2) is 5.82 Å². The van der Waals surface area contributed by atoms with Gasteiger partial charge in [-0.2, -0.15) is 0 Å². The normalized spacial score (nSPS) is 13.8. The van der Waals surface area contributed by atoms with Crippen molar-refractivity contribution in [2.24, 2.45) is 0 Å². The fourth-order valence-corrected chi connectivity index (χ4v) is 6.15. The third-order valence-corrected chi connectivity index (χ3v) is 8.47. The molecule has 9 heteroatoms. The summed E-state index contributed by atoms with van der Waals surface area (Å²) in [5.41, 5.74) is 7.22. The summed E-state index contributed by atoms with van der Waals surface area (Å²) in [6.07, 6.45) is 6.08. The van der Waals surface area contributed by atoms with Crippen molar-refractivity contribution in [2.75, 3.05) is 7.11 Å². The molecule has 6 aromatic rings. The Bertz CT molecular complexity index is 1840. The number of H-pyrrole nitrogens is 1. The second-order valence-corrected chi connectivity index (χ2v) is 11.3. The van der Waals surface area contributed by atoms with Gasteiger partial charge in [0.05, 0.1) is 18.1 Å². The van der Waals surface area contributed by atoms with Crippen molar-refractivity contribution in [3.8, 4) is 45.4 Å². The minimum absolute atomic E-state index is 0.397. The van der Waals surface area contributed by atoms with E-state index in [4.69, 9.17) is 26.1 Å². The van der Waals surface area contributed by atoms with Gasteiger partial charge in [-0.05, 0) is 101 Å². The molecule has 1 aliphatic carbocycles. The summed E-state index contributed by atoms with van der Waals surface area (Å²) >= 11 is 6.13. The second-order valence-electron chi connectivity index (χ2n) is 10.9. The first kappa shape index (κ1) is 27.2. The van der Waals surface area contributed by atoms with E-state index in [1.165, 1.54) is 19.3 Å². The highest BCUT2D eigenvalue weighted by molar-refractivity contribution is 6.30. The maximum Gasteiger partial charge on any atom is 0.179 e. The van der Waals surface area contributed by atoms with Gasteiger partial charge in [-0.1, -0.05) is 49.1 Å². The number of fused-ring (bicyclic) bond motifs is 1. The molecule has 1 aliphatic rings. The van der Waals surface area contributed by atoms with Gasteiger partial charge in [0.25, 0.3) is 0 Å². The molecule has 0 amide bonds. The number of tetrazole rings is 1. The van der Waals surface area contributed by atoms with E-state index in [9.17, 15) is 0 Å². The number of aromatic amines is 1. The third kappa shape index (κ3) is 5.58. The molecule has 0 bridgehead atoms. The molecule has 8 nitrogen and oxygen atoms in total. The molecule has 43 heavy (non-hydrogen) atoms. The molecule has 0 spiro atoms. The van der Waals surface area contributed by atoms with Gasteiger partial charge in [-0.15, -0.1) is 5.10 Å². The Kier molecular flexibility index (Phi) is 7.51. The highest BCUT2D eigenvalue weighted by atomic mass is 35.5. The van der Waals surface area contributed by atoms with Crippen LogP contribution in [0.1, 0.15) is 43.7 Å². The molecule has 0 saturated heterocycles. The summed E-state index contributed by atoms with van der Waals surface area (Å²) < 4.78 is 14.2. The SMILES string of the molecule is COc1ccc(-c2ccc(Cl)cc2)c(COc2ccc(-c3nc4cc(-c5nnn[nH]5)ccc4n3C3CCCCC3)cc2)c1. The molecule has 0 aliphatic heterocycles. The van der Waals surface area contributed by atoms with Gasteiger partial charge in [-0.25, -0.2) is 10.1 Å². The predicted octanol–water partition coefficient (Wildman–Crippen LogP) is 8.30. The van der Waals surface area contributed by atoms with E-state index in [0.717, 1.165) is 69.0 Å². The molecule has 1 saturated carbocycles. The number of hydrogen-bond donors (Lipinski definition) is 1. The number of nitrogens with zero attached hydrogens (tertiary/aromatic N) is 5. The minimum atomic E-state index is 0.397. The zero-order valence-corrected chi connectivity index (χ0v) is 24.6. The van der Waals surface area contributed by atoms with Crippen LogP contribution in [0.5, 0.6) is 11.5 Å². The largest absolute Gasteiger partial charge is 0.497 e. The number of hydrogen-bond acceptors (Lipinski definition) is 6. The van der Waals surface area contributed by atoms with Gasteiger partial charge in [-0.3, -0.25) is 0 Å². The fraction of sp³-hybridized carbons (Fsp3) is 0.235. The predicted molar refractivity (Wildman–Crippen MR) is 168 cm³/mol. The van der Waals surface area contributed by atoms with Crippen molar-refractivity contribution in [3.05, 3.63) is 95.5 Å². The maximum atomic E-state index is 6.30. The van der Waals surface area contributed by atoms with E-state index in [1.54, 1.807) is 7.11 Å². The number of rotatable bonds is 8. The molecule has 1 fully saturated rings. The van der Waals surface area contributed by atoms with Crippen molar-refractivity contribution in [1.82, 2.24) is 30.2 Å². The first-order valence-electron chi connectivity index (χ1n) is 14.6. The molecule has 7 rings (SSSR count). The Morgan fingerprint density at radius 1 is 0.837 bits per heavy atom. The molecule has 4 aromatic carbocycles. The second kappa shape index (κ2) is 11.9. The third-order valence-electron chi connectivity index (χ3n) is 8.22. The Balaban J connectivity index is 1.18. The Hall–Kier alpha value is -4.69. The van der Waals surface area contributed by atoms with E-state index in [1.807, 2.05) is 48.5 Å². The van der Waals surface area contributed by atoms with Crippen LogP contribution in [0.4, 0.5) is 0 Å². The highest BCUT2D eigenvalue weighted by Crippen LogP contribution is 2.37. The molecular weight excluding hydrogens is 560 g/mol. The monoisotopic (exact) mass is 590 g/mol. The number of imidazole rings is 1. The van der Waals surface area contributed by atoms with Crippen LogP contribution in [0, 0.1) is 0 Å². The van der Waals surface area contributed by atoms with E-state index in [2.05, 4.69) is 61.6 Å². The van der Waals surface area contributed by atoms with Crippen molar-refractivity contribution >= 4 is 22.6 Å². The molecule has 0 unspecified atom stereocenters. The highest BCUT2D eigenvalue weighted by Gasteiger charge is 2.23. The number of ether oxygens (including phenoxy) is 2. The molecular formula is C34H31ClN6O2. The number of aromatic nitrogens is 6. The summed E-state index contributed by atoms with van der Waals surface area (Å²) in [6.45, 7) is 0.397. The lowest BCUT2D eigenvalue weighted by Gasteiger charge is -2.25. The standard InChI is InChI=1S/C34H31ClN6O2/c1-42-29-16-17-30(22-7-12-26(35)13-8-22)25(19-29)21-43-28-14-9-23(10-15-28)34-36-31-20-24(33-37-39-40-38-33)11-18-32(31)41(34)27-5-3-2-4-6-27/h7-20,27H,2-6,21H2,1H3,(H,37,38,39,40). The van der Waals surface area contributed by atoms with Crippen LogP contribution in [0.2, 0.25) is 5.02 Å². The molecule has 2 aromatic heterocycles. The molecule has 1 N–H and O–H groups in total. The summed E-state index contributed by atoms with van der Waals surface area (Å²) in [5, 5.41) is 15.1. The van der Waals surface area contributed by atoms with Gasteiger partial charge < -0.3 is 14.0 Å². The van der Waals surface area contributed by atoms with Gasteiger partial charge in [0, 0.05) is 27.8 Å². The first-order chi connectivity index (χ1) is 21.2. The van der Waals surface area contributed by atoms with E-state index >= 15 is 0 Å². The molecule has 2 heterocycles. The van der Waals surface area contributed by atoms with Crippen molar-refractivity contribution in [3.63, 3.8) is 0 Å². The van der Waals surface area contributed by atoms with Gasteiger partial charge in [0.2, 0.25) is 0 Å². The molecule has 216 valence electrons. The van der Waals surface area contributed by atoms with Crippen LogP contribution in [0.15, 0.2) is 84.9 Å². The van der Waals surface area contributed by atoms with Crippen LogP contribution >= 0.6 is 11.6 Å². The quantitative estimate of drug-likeness (QED) is 0.192. The Morgan fingerprint density at radius 2 is 1.58 bits per heavy atom. The van der Waals surface area contributed by atoms with Crippen LogP contribution in [0.25, 0.3) is 44.9 Å². The average molecular weight is 591 g/mol. The minimum Gasteiger partial charge on any atom is -0.497 e. The lowest BCUT2D eigenvalue weighted by Crippen LogP contribution is -2.14. The first-order valence-corrected chi connectivity index (χ1v) is 15.0. The maximum absolute atomic E-state index is 6.30. The van der Waals surface area contributed by atoms with Crippen molar-refractivity contribution in [2.45, 2.75) is 44.8 Å². The summed E-state index contributed by atoms with van der Waals surface area (Å²) in [4.78, 5) is 5.14. The van der Waals surface area contributed by atoms with Crippen molar-refractivity contribution in [1.29, 1.82) is 0 Å². The van der Waals surface area contributed by atoms with Gasteiger partial charge in [0.1, 0.15) is 23.9 Å².